The number of ether oxygens (including phenoxy) is 1. The molecule has 0 aromatic heterocycles. The van der Waals surface area contributed by atoms with Gasteiger partial charge in [-0.2, -0.15) is 0 Å². The first kappa shape index (κ1) is 7.41. The molecule has 0 N–H and O–H groups in total. The van der Waals surface area contributed by atoms with E-state index in [-0.39, 0.29) is 17.5 Å². The Balaban J connectivity index is 2.11. The zero-order chi connectivity index (χ0) is 7.84. The highest BCUT2D eigenvalue weighted by Crippen LogP contribution is 2.37. The second-order valence-corrected chi connectivity index (χ2v) is 3.80. The third-order valence-electron chi connectivity index (χ3n) is 2.62. The van der Waals surface area contributed by atoms with Crippen molar-refractivity contribution in [3.05, 3.63) is 0 Å². The summed E-state index contributed by atoms with van der Waals surface area (Å²) in [5.41, 5.74) is 0. The van der Waals surface area contributed by atoms with Crippen molar-refractivity contribution in [3.8, 4) is 0 Å². The van der Waals surface area contributed by atoms with Crippen LogP contribution in [0, 0.1) is 5.92 Å². The van der Waals surface area contributed by atoms with Crippen LogP contribution in [-0.2, 0) is 9.53 Å². The molecule has 0 spiro atoms. The summed E-state index contributed by atoms with van der Waals surface area (Å²) in [4.78, 5) is 11.0. The van der Waals surface area contributed by atoms with Crippen LogP contribution in [0.25, 0.3) is 0 Å². The van der Waals surface area contributed by atoms with E-state index < -0.39 is 0 Å². The summed E-state index contributed by atoms with van der Waals surface area (Å²) in [6.07, 6.45) is 4.59. The average Bonchev–Trinajstić information content (AvgIpc) is 2.30. The van der Waals surface area contributed by atoms with Gasteiger partial charge in [0, 0.05) is 5.92 Å². The van der Waals surface area contributed by atoms with E-state index >= 15 is 0 Å². The Morgan fingerprint density at radius 3 is 2.82 bits per heavy atom. The van der Waals surface area contributed by atoms with Crippen molar-refractivity contribution in [2.75, 3.05) is 0 Å². The van der Waals surface area contributed by atoms with Crippen molar-refractivity contribution in [2.24, 2.45) is 5.92 Å². The maximum Gasteiger partial charge on any atom is 0.324 e. The van der Waals surface area contributed by atoms with E-state index in [0.29, 0.717) is 5.92 Å². The predicted octanol–water partition coefficient (Wildman–Crippen LogP) is 1.71. The molecule has 2 aliphatic rings. The summed E-state index contributed by atoms with van der Waals surface area (Å²) in [5, 5.41) is -0.361. The number of hydrogen-bond acceptors (Lipinski definition) is 2. The standard InChI is InChI=1S/C8H11ClO2/c9-7-5-3-1-2-4-6(5)11-8(7)10/h5-7H,1-4H2. The molecule has 0 amide bonds. The van der Waals surface area contributed by atoms with E-state index in [1.807, 2.05) is 0 Å². The summed E-state index contributed by atoms with van der Waals surface area (Å²) in [7, 11) is 0. The Kier molecular flexibility index (Phi) is 1.80. The third-order valence-corrected chi connectivity index (χ3v) is 3.12. The number of esters is 1. The molecule has 2 rings (SSSR count). The van der Waals surface area contributed by atoms with Gasteiger partial charge in [-0.1, -0.05) is 6.42 Å². The first-order valence-electron chi connectivity index (χ1n) is 4.13. The Morgan fingerprint density at radius 1 is 1.36 bits per heavy atom. The highest BCUT2D eigenvalue weighted by atomic mass is 35.5. The number of fused-ring (bicyclic) bond motifs is 1. The van der Waals surface area contributed by atoms with Crippen LogP contribution in [0.4, 0.5) is 0 Å². The zero-order valence-electron chi connectivity index (χ0n) is 6.25. The lowest BCUT2D eigenvalue weighted by Crippen LogP contribution is -2.24. The van der Waals surface area contributed by atoms with Crippen molar-refractivity contribution in [3.63, 3.8) is 0 Å². The molecule has 0 aromatic rings. The fourth-order valence-electron chi connectivity index (χ4n) is 2.00. The molecular weight excluding hydrogens is 164 g/mol. The molecule has 1 saturated carbocycles. The van der Waals surface area contributed by atoms with Crippen molar-refractivity contribution in [2.45, 2.75) is 37.2 Å². The Morgan fingerprint density at radius 2 is 2.09 bits per heavy atom. The van der Waals surface area contributed by atoms with Gasteiger partial charge in [0.1, 0.15) is 11.5 Å². The SMILES string of the molecule is O=C1OC2CCCCC2C1Cl. The molecule has 1 heterocycles. The van der Waals surface area contributed by atoms with Crippen LogP contribution in [-0.4, -0.2) is 17.5 Å². The van der Waals surface area contributed by atoms with Gasteiger partial charge in [-0.15, -0.1) is 11.6 Å². The molecule has 0 radical (unpaired) electrons. The van der Waals surface area contributed by atoms with E-state index in [4.69, 9.17) is 16.3 Å². The molecule has 1 aliphatic heterocycles. The number of carbonyl (C=O) groups is 1. The van der Waals surface area contributed by atoms with Crippen LogP contribution < -0.4 is 0 Å². The number of halogens is 1. The monoisotopic (exact) mass is 174 g/mol. The van der Waals surface area contributed by atoms with Crippen LogP contribution in [0.5, 0.6) is 0 Å². The fraction of sp³-hybridized carbons (Fsp3) is 0.875. The van der Waals surface area contributed by atoms with Crippen LogP contribution in [0.2, 0.25) is 0 Å². The minimum atomic E-state index is -0.361. The van der Waals surface area contributed by atoms with Crippen LogP contribution in [0.3, 0.4) is 0 Å². The van der Waals surface area contributed by atoms with E-state index in [9.17, 15) is 4.79 Å². The molecule has 0 aromatic carbocycles. The highest BCUT2D eigenvalue weighted by Gasteiger charge is 2.44. The van der Waals surface area contributed by atoms with Crippen molar-refractivity contribution in [1.82, 2.24) is 0 Å². The van der Waals surface area contributed by atoms with Crippen LogP contribution in [0.1, 0.15) is 25.7 Å². The van der Waals surface area contributed by atoms with Gasteiger partial charge in [0.25, 0.3) is 0 Å². The van der Waals surface area contributed by atoms with E-state index in [1.54, 1.807) is 0 Å². The number of carbonyl (C=O) groups excluding carboxylic acids is 1. The van der Waals surface area contributed by atoms with E-state index in [2.05, 4.69) is 0 Å². The third kappa shape index (κ3) is 1.13. The first-order valence-corrected chi connectivity index (χ1v) is 4.57. The Hall–Kier alpha value is -0.240. The van der Waals surface area contributed by atoms with Gasteiger partial charge >= 0.3 is 5.97 Å². The van der Waals surface area contributed by atoms with Gasteiger partial charge in [0.2, 0.25) is 0 Å². The van der Waals surface area contributed by atoms with Crippen molar-refractivity contribution < 1.29 is 9.53 Å². The maximum absolute atomic E-state index is 11.0. The van der Waals surface area contributed by atoms with Gasteiger partial charge in [-0.05, 0) is 19.3 Å². The highest BCUT2D eigenvalue weighted by molar-refractivity contribution is 6.30. The molecule has 0 bridgehead atoms. The van der Waals surface area contributed by atoms with E-state index in [1.165, 1.54) is 12.8 Å². The van der Waals surface area contributed by atoms with Crippen LogP contribution >= 0.6 is 11.6 Å². The first-order chi connectivity index (χ1) is 5.29. The Bertz CT molecular complexity index is 181. The van der Waals surface area contributed by atoms with Gasteiger partial charge < -0.3 is 4.74 Å². The molecule has 62 valence electrons. The van der Waals surface area contributed by atoms with Gasteiger partial charge in [0.15, 0.2) is 0 Å². The minimum absolute atomic E-state index is 0.138. The van der Waals surface area contributed by atoms with Crippen molar-refractivity contribution >= 4 is 17.6 Å². The summed E-state index contributed by atoms with van der Waals surface area (Å²) in [5.74, 6) is 0.0986. The molecule has 3 unspecified atom stereocenters. The van der Waals surface area contributed by atoms with Crippen molar-refractivity contribution in [1.29, 1.82) is 0 Å². The molecule has 3 atom stereocenters. The topological polar surface area (TPSA) is 26.3 Å². The molecule has 1 aliphatic carbocycles. The number of rotatable bonds is 0. The summed E-state index contributed by atoms with van der Waals surface area (Å²) in [6, 6.07) is 0. The zero-order valence-corrected chi connectivity index (χ0v) is 7.01. The normalized spacial score (nSPS) is 43.4. The average molecular weight is 175 g/mol. The predicted molar refractivity (Wildman–Crippen MR) is 41.5 cm³/mol. The Labute approximate surface area is 70.9 Å². The quantitative estimate of drug-likeness (QED) is 0.413. The molecule has 3 heteroatoms. The van der Waals surface area contributed by atoms with Crippen LogP contribution in [0.15, 0.2) is 0 Å². The lowest BCUT2D eigenvalue weighted by Gasteiger charge is -2.23. The maximum atomic E-state index is 11.0. The molecular formula is C8H11ClO2. The number of alkyl halides is 1. The summed E-state index contributed by atoms with van der Waals surface area (Å²) < 4.78 is 5.11. The summed E-state index contributed by atoms with van der Waals surface area (Å²) >= 11 is 5.86. The lowest BCUT2D eigenvalue weighted by molar-refractivity contribution is -0.141. The molecule has 2 nitrogen and oxygen atoms in total. The largest absolute Gasteiger partial charge is 0.461 e. The molecule has 2 fully saturated rings. The van der Waals surface area contributed by atoms with Gasteiger partial charge in [0.05, 0.1) is 0 Å². The molecule has 11 heavy (non-hydrogen) atoms. The number of hydrogen-bond donors (Lipinski definition) is 0. The fourth-order valence-corrected chi connectivity index (χ4v) is 2.34. The second-order valence-electron chi connectivity index (χ2n) is 3.33. The summed E-state index contributed by atoms with van der Waals surface area (Å²) in [6.45, 7) is 0. The van der Waals surface area contributed by atoms with Gasteiger partial charge in [-0.3, -0.25) is 4.79 Å². The molecule has 1 saturated heterocycles. The minimum Gasteiger partial charge on any atom is -0.461 e. The lowest BCUT2D eigenvalue weighted by atomic mass is 9.86. The smallest absolute Gasteiger partial charge is 0.324 e. The van der Waals surface area contributed by atoms with Gasteiger partial charge in [-0.25, -0.2) is 0 Å². The van der Waals surface area contributed by atoms with E-state index in [0.717, 1.165) is 12.8 Å². The second kappa shape index (κ2) is 2.67.